The first kappa shape index (κ1) is 21.3. The van der Waals surface area contributed by atoms with Crippen molar-refractivity contribution in [3.05, 3.63) is 30.3 Å². The summed E-state index contributed by atoms with van der Waals surface area (Å²) in [6.07, 6.45) is 7.04. The van der Waals surface area contributed by atoms with E-state index in [0.717, 1.165) is 32.1 Å². The minimum absolute atomic E-state index is 0.0754. The van der Waals surface area contributed by atoms with Gasteiger partial charge in [-0.2, -0.15) is 0 Å². The summed E-state index contributed by atoms with van der Waals surface area (Å²) in [5.41, 5.74) is 0. The molecule has 28 heavy (non-hydrogen) atoms. The molecule has 3 rings (SSSR count). The van der Waals surface area contributed by atoms with Crippen LogP contribution >= 0.6 is 0 Å². The minimum atomic E-state index is -3.45. The Labute approximate surface area is 169 Å². The molecule has 1 aromatic carbocycles. The predicted octanol–water partition coefficient (Wildman–Crippen LogP) is 3.71. The van der Waals surface area contributed by atoms with Crippen molar-refractivity contribution in [2.75, 3.05) is 6.54 Å². The van der Waals surface area contributed by atoms with E-state index in [1.54, 1.807) is 30.3 Å². The van der Waals surface area contributed by atoms with E-state index in [1.165, 1.54) is 12.8 Å². The summed E-state index contributed by atoms with van der Waals surface area (Å²) in [5, 5.41) is 3.31. The fourth-order valence-electron chi connectivity index (χ4n) is 4.63. The molecular formula is C22H34N2O3S. The van der Waals surface area contributed by atoms with Gasteiger partial charge in [-0.05, 0) is 62.0 Å². The summed E-state index contributed by atoms with van der Waals surface area (Å²) in [5.74, 6) is 1.80. The van der Waals surface area contributed by atoms with Gasteiger partial charge in [-0.3, -0.25) is 4.79 Å². The molecule has 2 saturated carbocycles. The second-order valence-corrected chi connectivity index (χ2v) is 10.5. The maximum absolute atomic E-state index is 12.7. The van der Waals surface area contributed by atoms with Gasteiger partial charge in [0.2, 0.25) is 15.9 Å². The van der Waals surface area contributed by atoms with Gasteiger partial charge in [-0.25, -0.2) is 13.1 Å². The Morgan fingerprint density at radius 3 is 2.36 bits per heavy atom. The first-order valence-electron chi connectivity index (χ1n) is 10.7. The van der Waals surface area contributed by atoms with Crippen LogP contribution in [0.4, 0.5) is 0 Å². The van der Waals surface area contributed by atoms with Crippen molar-refractivity contribution in [3.63, 3.8) is 0 Å². The van der Waals surface area contributed by atoms with Crippen LogP contribution in [-0.2, 0) is 14.8 Å². The zero-order chi connectivity index (χ0) is 20.1. The molecule has 0 aromatic heterocycles. The van der Waals surface area contributed by atoms with Crippen molar-refractivity contribution >= 4 is 15.9 Å². The Hall–Kier alpha value is -1.40. The Kier molecular flexibility index (Phi) is 7.15. The molecule has 6 heteroatoms. The molecule has 2 fully saturated rings. The molecule has 0 aliphatic heterocycles. The van der Waals surface area contributed by atoms with Crippen LogP contribution in [0.25, 0.3) is 0 Å². The largest absolute Gasteiger partial charge is 0.353 e. The van der Waals surface area contributed by atoms with Crippen molar-refractivity contribution in [1.29, 1.82) is 0 Å². The molecule has 2 aliphatic carbocycles. The van der Waals surface area contributed by atoms with Crippen LogP contribution < -0.4 is 10.0 Å². The normalized spacial score (nSPS) is 31.3. The predicted molar refractivity (Wildman–Crippen MR) is 111 cm³/mol. The topological polar surface area (TPSA) is 75.3 Å². The second kappa shape index (κ2) is 9.40. The summed E-state index contributed by atoms with van der Waals surface area (Å²) in [6, 6.07) is 8.79. The molecule has 3 atom stereocenters. The summed E-state index contributed by atoms with van der Waals surface area (Å²) in [4.78, 5) is 13.0. The van der Waals surface area contributed by atoms with E-state index in [9.17, 15) is 13.2 Å². The highest BCUT2D eigenvalue weighted by Crippen LogP contribution is 2.32. The molecule has 2 N–H and O–H groups in total. The van der Waals surface area contributed by atoms with Crippen LogP contribution in [0.5, 0.6) is 0 Å². The molecule has 1 amide bonds. The highest BCUT2D eigenvalue weighted by Gasteiger charge is 2.32. The number of amides is 1. The minimum Gasteiger partial charge on any atom is -0.353 e. The van der Waals surface area contributed by atoms with Gasteiger partial charge < -0.3 is 5.32 Å². The lowest BCUT2D eigenvalue weighted by molar-refractivity contribution is -0.127. The highest BCUT2D eigenvalue weighted by molar-refractivity contribution is 7.89. The van der Waals surface area contributed by atoms with Gasteiger partial charge in [0.15, 0.2) is 0 Å². The van der Waals surface area contributed by atoms with Crippen molar-refractivity contribution in [2.45, 2.75) is 69.7 Å². The third kappa shape index (κ3) is 5.35. The Morgan fingerprint density at radius 2 is 1.68 bits per heavy atom. The quantitative estimate of drug-likeness (QED) is 0.756. The molecule has 0 saturated heterocycles. The number of benzene rings is 1. The average Bonchev–Trinajstić information content (AvgIpc) is 2.71. The second-order valence-electron chi connectivity index (χ2n) is 8.76. The first-order chi connectivity index (χ1) is 13.4. The SMILES string of the molecule is C[C@H]1[C@H](C)CCC[C@@H]1NC(=O)C1CCC(CNS(=O)(=O)c2ccccc2)CC1. The summed E-state index contributed by atoms with van der Waals surface area (Å²) in [6.45, 7) is 4.98. The molecule has 0 unspecified atom stereocenters. The van der Waals surface area contributed by atoms with Gasteiger partial charge in [0, 0.05) is 18.5 Å². The zero-order valence-corrected chi connectivity index (χ0v) is 17.9. The van der Waals surface area contributed by atoms with Crippen LogP contribution in [0, 0.1) is 23.7 Å². The van der Waals surface area contributed by atoms with E-state index in [2.05, 4.69) is 23.9 Å². The van der Waals surface area contributed by atoms with Crippen molar-refractivity contribution in [3.8, 4) is 0 Å². The fraction of sp³-hybridized carbons (Fsp3) is 0.682. The number of carbonyl (C=O) groups excluding carboxylic acids is 1. The number of nitrogens with one attached hydrogen (secondary N) is 2. The van der Waals surface area contributed by atoms with E-state index in [4.69, 9.17) is 0 Å². The van der Waals surface area contributed by atoms with Crippen LogP contribution in [-0.4, -0.2) is 26.9 Å². The van der Waals surface area contributed by atoms with Crippen LogP contribution in [0.15, 0.2) is 35.2 Å². The molecule has 0 radical (unpaired) electrons. The fourth-order valence-corrected chi connectivity index (χ4v) is 5.76. The van der Waals surface area contributed by atoms with Gasteiger partial charge in [0.25, 0.3) is 0 Å². The van der Waals surface area contributed by atoms with Gasteiger partial charge in [0.1, 0.15) is 0 Å². The lowest BCUT2D eigenvalue weighted by atomic mass is 9.77. The molecular weight excluding hydrogens is 372 g/mol. The third-order valence-electron chi connectivity index (χ3n) is 6.87. The standard InChI is InChI=1S/C22H34N2O3S/c1-16-7-6-10-21(17(16)2)24-22(25)19-13-11-18(12-14-19)15-23-28(26,27)20-8-4-3-5-9-20/h3-5,8-9,16-19,21,23H,6-7,10-15H2,1-2H3,(H,24,25)/t16-,17+,18?,19?,21+/m1/s1. The Morgan fingerprint density at radius 1 is 1.00 bits per heavy atom. The number of carbonyl (C=O) groups is 1. The maximum atomic E-state index is 12.7. The van der Waals surface area contributed by atoms with E-state index in [0.29, 0.717) is 35.2 Å². The molecule has 1 aromatic rings. The van der Waals surface area contributed by atoms with Gasteiger partial charge >= 0.3 is 0 Å². The zero-order valence-electron chi connectivity index (χ0n) is 17.1. The van der Waals surface area contributed by atoms with Crippen LogP contribution in [0.2, 0.25) is 0 Å². The average molecular weight is 407 g/mol. The summed E-state index contributed by atoms with van der Waals surface area (Å²) in [7, 11) is -3.45. The molecule has 5 nitrogen and oxygen atoms in total. The van der Waals surface area contributed by atoms with Gasteiger partial charge in [-0.15, -0.1) is 0 Å². The highest BCUT2D eigenvalue weighted by atomic mass is 32.2. The van der Waals surface area contributed by atoms with Gasteiger partial charge in [-0.1, -0.05) is 44.9 Å². The maximum Gasteiger partial charge on any atom is 0.240 e. The molecule has 0 bridgehead atoms. The smallest absolute Gasteiger partial charge is 0.240 e. The van der Waals surface area contributed by atoms with Crippen LogP contribution in [0.1, 0.15) is 58.8 Å². The number of hydrogen-bond donors (Lipinski definition) is 2. The molecule has 0 heterocycles. The first-order valence-corrected chi connectivity index (χ1v) is 12.2. The number of hydrogen-bond acceptors (Lipinski definition) is 3. The lowest BCUT2D eigenvalue weighted by Gasteiger charge is -2.36. The number of sulfonamides is 1. The molecule has 2 aliphatic rings. The summed E-state index contributed by atoms with van der Waals surface area (Å²) >= 11 is 0. The van der Waals surface area contributed by atoms with Crippen molar-refractivity contribution < 1.29 is 13.2 Å². The number of rotatable bonds is 6. The Bertz CT molecular complexity index is 742. The Balaban J connectivity index is 1.43. The van der Waals surface area contributed by atoms with E-state index in [-0.39, 0.29) is 11.8 Å². The van der Waals surface area contributed by atoms with Crippen LogP contribution in [0.3, 0.4) is 0 Å². The molecule has 156 valence electrons. The van der Waals surface area contributed by atoms with E-state index < -0.39 is 10.0 Å². The lowest BCUT2D eigenvalue weighted by Crippen LogP contribution is -2.46. The van der Waals surface area contributed by atoms with Crippen molar-refractivity contribution in [1.82, 2.24) is 10.0 Å². The van der Waals surface area contributed by atoms with E-state index >= 15 is 0 Å². The molecule has 0 spiro atoms. The monoisotopic (exact) mass is 406 g/mol. The third-order valence-corrected chi connectivity index (χ3v) is 8.31. The van der Waals surface area contributed by atoms with Gasteiger partial charge in [0.05, 0.1) is 4.90 Å². The summed E-state index contributed by atoms with van der Waals surface area (Å²) < 4.78 is 27.4. The van der Waals surface area contributed by atoms with Crippen molar-refractivity contribution in [2.24, 2.45) is 23.7 Å². The van der Waals surface area contributed by atoms with E-state index in [1.807, 2.05) is 0 Å².